The highest BCUT2D eigenvalue weighted by atomic mass is 35.5. The van der Waals surface area contributed by atoms with Crippen LogP contribution in [0.4, 0.5) is 10.2 Å². The van der Waals surface area contributed by atoms with Gasteiger partial charge in [0.25, 0.3) is 0 Å². The van der Waals surface area contributed by atoms with Crippen LogP contribution in [0.5, 0.6) is 0 Å². The molecule has 0 aromatic carbocycles. The van der Waals surface area contributed by atoms with Crippen LogP contribution in [-0.2, 0) is 0 Å². The first-order chi connectivity index (χ1) is 7.09. The summed E-state index contributed by atoms with van der Waals surface area (Å²) in [6.07, 6.45) is 3.96. The van der Waals surface area contributed by atoms with Crippen LogP contribution in [0.1, 0.15) is 19.8 Å². The number of anilines is 1. The SMILES string of the molecule is CC(C1CC1)N(C)c1ncc(Cl)cc1F. The first kappa shape index (κ1) is 10.7. The second-order valence-corrected chi connectivity index (χ2v) is 4.58. The van der Waals surface area contributed by atoms with Crippen LogP contribution in [0.2, 0.25) is 5.02 Å². The number of nitrogens with zero attached hydrogens (tertiary/aromatic N) is 2. The van der Waals surface area contributed by atoms with Gasteiger partial charge in [-0.1, -0.05) is 11.6 Å². The van der Waals surface area contributed by atoms with E-state index in [1.807, 2.05) is 11.9 Å². The quantitative estimate of drug-likeness (QED) is 0.790. The highest BCUT2D eigenvalue weighted by Gasteiger charge is 2.31. The monoisotopic (exact) mass is 228 g/mol. The predicted octanol–water partition coefficient (Wildman–Crippen LogP) is 3.11. The predicted molar refractivity (Wildman–Crippen MR) is 59.8 cm³/mol. The van der Waals surface area contributed by atoms with Crippen molar-refractivity contribution >= 4 is 17.4 Å². The molecule has 82 valence electrons. The number of aromatic nitrogens is 1. The van der Waals surface area contributed by atoms with Gasteiger partial charge in [0.05, 0.1) is 5.02 Å². The normalized spacial score (nSPS) is 17.6. The van der Waals surface area contributed by atoms with Gasteiger partial charge in [0.15, 0.2) is 11.6 Å². The highest BCUT2D eigenvalue weighted by Crippen LogP contribution is 2.36. The number of pyridine rings is 1. The molecule has 1 atom stereocenters. The molecule has 0 saturated heterocycles. The summed E-state index contributed by atoms with van der Waals surface area (Å²) in [5.41, 5.74) is 0. The standard InChI is InChI=1S/C11H14ClFN2/c1-7(8-3-4-8)15(2)11-10(13)5-9(12)6-14-11/h5-8H,3-4H2,1-2H3. The Morgan fingerprint density at radius 1 is 1.60 bits per heavy atom. The van der Waals surface area contributed by atoms with Gasteiger partial charge in [0.1, 0.15) is 0 Å². The summed E-state index contributed by atoms with van der Waals surface area (Å²) in [5, 5.41) is 0.337. The van der Waals surface area contributed by atoms with Crippen LogP contribution in [0.3, 0.4) is 0 Å². The zero-order valence-electron chi connectivity index (χ0n) is 8.87. The summed E-state index contributed by atoms with van der Waals surface area (Å²) in [6.45, 7) is 2.10. The molecule has 1 aromatic heterocycles. The van der Waals surface area contributed by atoms with Gasteiger partial charge >= 0.3 is 0 Å². The van der Waals surface area contributed by atoms with Crippen molar-refractivity contribution in [3.63, 3.8) is 0 Å². The maximum Gasteiger partial charge on any atom is 0.167 e. The molecule has 1 aliphatic carbocycles. The van der Waals surface area contributed by atoms with Gasteiger partial charge in [-0.25, -0.2) is 9.37 Å². The van der Waals surface area contributed by atoms with Crippen LogP contribution in [0.15, 0.2) is 12.3 Å². The molecule has 0 bridgehead atoms. The van der Waals surface area contributed by atoms with E-state index in [1.165, 1.54) is 25.1 Å². The van der Waals surface area contributed by atoms with E-state index in [0.29, 0.717) is 22.8 Å². The number of hydrogen-bond donors (Lipinski definition) is 0. The smallest absolute Gasteiger partial charge is 0.167 e. The van der Waals surface area contributed by atoms with Gasteiger partial charge in [-0.05, 0) is 31.7 Å². The van der Waals surface area contributed by atoms with E-state index < -0.39 is 0 Å². The summed E-state index contributed by atoms with van der Waals surface area (Å²) in [4.78, 5) is 5.92. The Morgan fingerprint density at radius 3 is 2.80 bits per heavy atom. The average molecular weight is 229 g/mol. The van der Waals surface area contributed by atoms with Crippen molar-refractivity contribution < 1.29 is 4.39 Å². The van der Waals surface area contributed by atoms with Crippen molar-refractivity contribution in [2.75, 3.05) is 11.9 Å². The highest BCUT2D eigenvalue weighted by molar-refractivity contribution is 6.30. The molecule has 1 heterocycles. The fraction of sp³-hybridized carbons (Fsp3) is 0.545. The zero-order chi connectivity index (χ0) is 11.0. The lowest BCUT2D eigenvalue weighted by Crippen LogP contribution is -2.32. The molecule has 1 aromatic rings. The molecule has 0 radical (unpaired) electrons. The molecule has 2 nitrogen and oxygen atoms in total. The van der Waals surface area contributed by atoms with E-state index in [9.17, 15) is 4.39 Å². The van der Waals surface area contributed by atoms with Crippen LogP contribution >= 0.6 is 11.6 Å². The summed E-state index contributed by atoms with van der Waals surface area (Å²) < 4.78 is 13.6. The molecular formula is C11H14ClFN2. The Labute approximate surface area is 94.1 Å². The van der Waals surface area contributed by atoms with Crippen LogP contribution in [0.25, 0.3) is 0 Å². The van der Waals surface area contributed by atoms with Crippen LogP contribution in [0, 0.1) is 11.7 Å². The van der Waals surface area contributed by atoms with Crippen LogP contribution < -0.4 is 4.90 Å². The molecule has 0 amide bonds. The zero-order valence-corrected chi connectivity index (χ0v) is 9.63. The summed E-state index contributed by atoms with van der Waals surface area (Å²) >= 11 is 5.66. The van der Waals surface area contributed by atoms with E-state index in [-0.39, 0.29) is 5.82 Å². The van der Waals surface area contributed by atoms with Crippen molar-refractivity contribution in [1.82, 2.24) is 4.98 Å². The third-order valence-electron chi connectivity index (χ3n) is 3.04. The molecule has 0 aliphatic heterocycles. The Morgan fingerprint density at radius 2 is 2.27 bits per heavy atom. The first-order valence-corrected chi connectivity index (χ1v) is 5.51. The Balaban J connectivity index is 2.20. The number of hydrogen-bond acceptors (Lipinski definition) is 2. The minimum Gasteiger partial charge on any atom is -0.354 e. The van der Waals surface area contributed by atoms with Crippen molar-refractivity contribution in [1.29, 1.82) is 0 Å². The summed E-state index contributed by atoms with van der Waals surface area (Å²) in [5.74, 6) is 0.725. The minimum absolute atomic E-state index is 0.337. The Kier molecular flexibility index (Phi) is 2.83. The maximum absolute atomic E-state index is 13.6. The van der Waals surface area contributed by atoms with E-state index in [0.717, 1.165) is 0 Å². The first-order valence-electron chi connectivity index (χ1n) is 5.13. The largest absolute Gasteiger partial charge is 0.354 e. The number of halogens is 2. The van der Waals surface area contributed by atoms with Gasteiger partial charge in [0.2, 0.25) is 0 Å². The molecular weight excluding hydrogens is 215 g/mol. The van der Waals surface area contributed by atoms with Gasteiger partial charge in [-0.15, -0.1) is 0 Å². The lowest BCUT2D eigenvalue weighted by molar-refractivity contribution is 0.568. The summed E-state index contributed by atoms with van der Waals surface area (Å²) in [7, 11) is 1.88. The lowest BCUT2D eigenvalue weighted by atomic mass is 10.2. The molecule has 0 spiro atoms. The van der Waals surface area contributed by atoms with E-state index in [2.05, 4.69) is 11.9 Å². The fourth-order valence-electron chi connectivity index (χ4n) is 1.75. The summed E-state index contributed by atoms with van der Waals surface area (Å²) in [6, 6.07) is 1.65. The molecule has 0 N–H and O–H groups in total. The second-order valence-electron chi connectivity index (χ2n) is 4.15. The number of rotatable bonds is 3. The molecule has 4 heteroatoms. The molecule has 1 saturated carbocycles. The molecule has 15 heavy (non-hydrogen) atoms. The van der Waals surface area contributed by atoms with Gasteiger partial charge in [-0.3, -0.25) is 0 Å². The van der Waals surface area contributed by atoms with Crippen molar-refractivity contribution in [2.24, 2.45) is 5.92 Å². The van der Waals surface area contributed by atoms with Crippen molar-refractivity contribution in [3.05, 3.63) is 23.1 Å². The van der Waals surface area contributed by atoms with Gasteiger partial charge < -0.3 is 4.90 Å². The van der Waals surface area contributed by atoms with E-state index in [1.54, 1.807) is 0 Å². The van der Waals surface area contributed by atoms with Gasteiger partial charge in [0, 0.05) is 19.3 Å². The fourth-order valence-corrected chi connectivity index (χ4v) is 1.90. The van der Waals surface area contributed by atoms with Crippen LogP contribution in [-0.4, -0.2) is 18.1 Å². The Hall–Kier alpha value is -0.830. The third kappa shape index (κ3) is 2.23. The third-order valence-corrected chi connectivity index (χ3v) is 3.24. The second kappa shape index (κ2) is 3.97. The van der Waals surface area contributed by atoms with E-state index in [4.69, 9.17) is 11.6 Å². The molecule has 1 unspecified atom stereocenters. The maximum atomic E-state index is 13.6. The lowest BCUT2D eigenvalue weighted by Gasteiger charge is -2.26. The van der Waals surface area contributed by atoms with E-state index >= 15 is 0 Å². The average Bonchev–Trinajstić information content (AvgIpc) is 2.99. The molecule has 1 aliphatic rings. The molecule has 2 rings (SSSR count). The topological polar surface area (TPSA) is 16.1 Å². The molecule has 1 fully saturated rings. The van der Waals surface area contributed by atoms with Crippen molar-refractivity contribution in [2.45, 2.75) is 25.8 Å². The van der Waals surface area contributed by atoms with Crippen molar-refractivity contribution in [3.8, 4) is 0 Å². The minimum atomic E-state index is -0.350. The van der Waals surface area contributed by atoms with Gasteiger partial charge in [-0.2, -0.15) is 0 Å². The Bertz CT molecular complexity index is 366.